The molecule has 0 spiro atoms. The third kappa shape index (κ3) is 1.32. The van der Waals surface area contributed by atoms with Gasteiger partial charge in [-0.2, -0.15) is 8.42 Å². The van der Waals surface area contributed by atoms with Gasteiger partial charge in [-0.1, -0.05) is 30.3 Å². The van der Waals surface area contributed by atoms with Crippen LogP contribution < -0.4 is 0 Å². The van der Waals surface area contributed by atoms with Crippen LogP contribution in [-0.2, 0) is 18.7 Å². The zero-order valence-electron chi connectivity index (χ0n) is 8.12. The molecule has 16 heavy (non-hydrogen) atoms. The van der Waals surface area contributed by atoms with Gasteiger partial charge in [0.05, 0.1) is 11.2 Å². The van der Waals surface area contributed by atoms with Crippen LogP contribution in [-0.4, -0.2) is 14.0 Å². The number of rotatable bonds is 0. The van der Waals surface area contributed by atoms with Crippen molar-refractivity contribution in [3.8, 4) is 0 Å². The highest BCUT2D eigenvalue weighted by Crippen LogP contribution is 2.35. The Morgan fingerprint density at radius 3 is 2.69 bits per heavy atom. The maximum Gasteiger partial charge on any atom is 0.250 e. The summed E-state index contributed by atoms with van der Waals surface area (Å²) in [6.45, 7) is 0. The van der Waals surface area contributed by atoms with E-state index in [2.05, 4.69) is 4.99 Å². The van der Waals surface area contributed by atoms with Crippen LogP contribution in [0.3, 0.4) is 0 Å². The second kappa shape index (κ2) is 3.54. The summed E-state index contributed by atoms with van der Waals surface area (Å²) >= 11 is 0. The van der Waals surface area contributed by atoms with Gasteiger partial charge in [0.2, 0.25) is 0 Å². The minimum atomic E-state index is -2.12. The van der Waals surface area contributed by atoms with Crippen molar-refractivity contribution in [2.75, 3.05) is 0 Å². The second-order valence-corrected chi connectivity index (χ2v) is 6.92. The van der Waals surface area contributed by atoms with Gasteiger partial charge < -0.3 is 0 Å². The van der Waals surface area contributed by atoms with E-state index in [4.69, 9.17) is 0 Å². The molecule has 1 aliphatic heterocycles. The van der Waals surface area contributed by atoms with Crippen molar-refractivity contribution in [2.24, 2.45) is 4.99 Å². The molecule has 0 aliphatic carbocycles. The van der Waals surface area contributed by atoms with E-state index in [0.29, 0.717) is 0 Å². The average molecular weight is 249 g/mol. The van der Waals surface area contributed by atoms with Crippen LogP contribution in [0.4, 0.5) is 5.69 Å². The minimum absolute atomic E-state index is 0.797. The molecule has 0 bridgehead atoms. The van der Waals surface area contributed by atoms with Crippen LogP contribution in [0.2, 0.25) is 0 Å². The van der Waals surface area contributed by atoms with Crippen molar-refractivity contribution in [3.63, 3.8) is 0 Å². The topological polar surface area (TPSA) is 46.5 Å². The summed E-state index contributed by atoms with van der Waals surface area (Å²) in [7, 11) is -3.00. The smallest absolute Gasteiger partial charge is 0.247 e. The number of fused-ring (bicyclic) bond motifs is 3. The highest BCUT2D eigenvalue weighted by atomic mass is 32.9. The minimum Gasteiger partial charge on any atom is -0.247 e. The summed E-state index contributed by atoms with van der Waals surface area (Å²) in [6.07, 6.45) is 0. The Labute approximate surface area is 95.6 Å². The molecular formula is C11H7NO2S2. The summed E-state index contributed by atoms with van der Waals surface area (Å²) < 4.78 is 22.0. The molecule has 2 aromatic rings. The zero-order valence-corrected chi connectivity index (χ0v) is 9.75. The Morgan fingerprint density at radius 1 is 1.06 bits per heavy atom. The lowest BCUT2D eigenvalue weighted by Crippen LogP contribution is -1.87. The molecule has 0 N–H and O–H groups in total. The molecule has 0 saturated heterocycles. The fourth-order valence-corrected chi connectivity index (χ4v) is 4.07. The summed E-state index contributed by atoms with van der Waals surface area (Å²) in [5.74, 6) is 0. The van der Waals surface area contributed by atoms with Gasteiger partial charge in [0.25, 0.3) is 9.26 Å². The van der Waals surface area contributed by atoms with Crippen LogP contribution >= 0.6 is 0 Å². The predicted molar refractivity (Wildman–Crippen MR) is 66.7 cm³/mol. The normalized spacial score (nSPS) is 17.6. The Hall–Kier alpha value is -1.46. The van der Waals surface area contributed by atoms with E-state index >= 15 is 0 Å². The first-order valence-electron chi connectivity index (χ1n) is 4.66. The maximum absolute atomic E-state index is 11.0. The maximum atomic E-state index is 11.0. The van der Waals surface area contributed by atoms with Gasteiger partial charge in [0, 0.05) is 19.7 Å². The molecule has 1 aliphatic rings. The quantitative estimate of drug-likeness (QED) is 0.719. The molecule has 0 amide bonds. The van der Waals surface area contributed by atoms with Gasteiger partial charge in [-0.25, -0.2) is 4.99 Å². The first-order valence-corrected chi connectivity index (χ1v) is 7.54. The SMILES string of the molecule is O=S(=O)=S1C=Nc2c1ccc1ccccc21. The Bertz CT molecular complexity index is 753. The molecule has 1 atom stereocenters. The van der Waals surface area contributed by atoms with E-state index in [0.717, 1.165) is 21.4 Å². The molecule has 0 saturated carbocycles. The van der Waals surface area contributed by atoms with E-state index in [1.165, 1.54) is 5.55 Å². The van der Waals surface area contributed by atoms with E-state index in [-0.39, 0.29) is 0 Å². The summed E-state index contributed by atoms with van der Waals surface area (Å²) in [5, 5.41) is 2.09. The van der Waals surface area contributed by atoms with Crippen molar-refractivity contribution in [2.45, 2.75) is 4.90 Å². The largest absolute Gasteiger partial charge is 0.250 e. The second-order valence-electron chi connectivity index (χ2n) is 3.37. The summed E-state index contributed by atoms with van der Waals surface area (Å²) in [6, 6.07) is 11.6. The zero-order chi connectivity index (χ0) is 11.1. The van der Waals surface area contributed by atoms with Gasteiger partial charge >= 0.3 is 0 Å². The molecule has 0 aromatic heterocycles. The van der Waals surface area contributed by atoms with Crippen LogP contribution in [0, 0.1) is 0 Å². The molecule has 0 radical (unpaired) electrons. The molecule has 3 rings (SSSR count). The number of aliphatic imine (C=N–C) groups is 1. The predicted octanol–water partition coefficient (Wildman–Crippen LogP) is 2.28. The number of hydrogen-bond donors (Lipinski definition) is 0. The summed E-state index contributed by atoms with van der Waals surface area (Å²) in [5.41, 5.74) is 2.31. The highest BCUT2D eigenvalue weighted by molar-refractivity contribution is 8.41. The Morgan fingerprint density at radius 2 is 1.88 bits per heavy atom. The van der Waals surface area contributed by atoms with Gasteiger partial charge in [-0.05, 0) is 11.5 Å². The molecule has 1 heterocycles. The monoisotopic (exact) mass is 249 g/mol. The van der Waals surface area contributed by atoms with Gasteiger partial charge in [-0.15, -0.1) is 0 Å². The molecule has 0 fully saturated rings. The van der Waals surface area contributed by atoms with Crippen LogP contribution in [0.5, 0.6) is 0 Å². The first kappa shape index (κ1) is 9.74. The van der Waals surface area contributed by atoms with Crippen molar-refractivity contribution in [1.29, 1.82) is 0 Å². The van der Waals surface area contributed by atoms with Crippen molar-refractivity contribution in [1.82, 2.24) is 0 Å². The average Bonchev–Trinajstić information content (AvgIpc) is 2.73. The fraction of sp³-hybridized carbons (Fsp3) is 0. The van der Waals surface area contributed by atoms with E-state index in [1.54, 1.807) is 0 Å². The van der Waals surface area contributed by atoms with Crippen LogP contribution in [0.15, 0.2) is 46.3 Å². The lowest BCUT2D eigenvalue weighted by molar-refractivity contribution is 0.628. The van der Waals surface area contributed by atoms with E-state index in [9.17, 15) is 8.42 Å². The Balaban J connectivity index is 2.49. The van der Waals surface area contributed by atoms with E-state index in [1.807, 2.05) is 36.4 Å². The molecule has 3 nitrogen and oxygen atoms in total. The third-order valence-corrected chi connectivity index (χ3v) is 5.53. The summed E-state index contributed by atoms with van der Waals surface area (Å²) in [4.78, 5) is 5.02. The molecule has 2 aromatic carbocycles. The number of benzene rings is 2. The molecule has 80 valence electrons. The number of hydrogen-bond acceptors (Lipinski definition) is 3. The van der Waals surface area contributed by atoms with E-state index < -0.39 is 18.7 Å². The standard InChI is InChI=1S/C11H7NO2S2/c13-16(14)15-7-12-11-9-4-2-1-3-8(9)5-6-10(11)15/h1-7H. The first-order chi connectivity index (χ1) is 7.77. The van der Waals surface area contributed by atoms with Gasteiger partial charge in [-0.3, -0.25) is 0 Å². The van der Waals surface area contributed by atoms with Crippen LogP contribution in [0.1, 0.15) is 0 Å². The van der Waals surface area contributed by atoms with Crippen molar-refractivity contribution >= 4 is 40.7 Å². The lowest BCUT2D eigenvalue weighted by atomic mass is 10.1. The number of nitrogens with zero attached hydrogens (tertiary/aromatic N) is 1. The lowest BCUT2D eigenvalue weighted by Gasteiger charge is -2.02. The van der Waals surface area contributed by atoms with Crippen LogP contribution in [0.25, 0.3) is 10.8 Å². The van der Waals surface area contributed by atoms with Gasteiger partial charge in [0.15, 0.2) is 0 Å². The highest BCUT2D eigenvalue weighted by Gasteiger charge is 2.15. The van der Waals surface area contributed by atoms with Crippen molar-refractivity contribution < 1.29 is 8.42 Å². The fourth-order valence-electron chi connectivity index (χ4n) is 1.80. The van der Waals surface area contributed by atoms with Crippen molar-refractivity contribution in [3.05, 3.63) is 36.4 Å². The third-order valence-electron chi connectivity index (χ3n) is 2.50. The molecular weight excluding hydrogens is 242 g/mol. The Kier molecular flexibility index (Phi) is 2.15. The molecule has 5 heteroatoms. The van der Waals surface area contributed by atoms with Gasteiger partial charge in [0.1, 0.15) is 0 Å². The molecule has 1 unspecified atom stereocenters.